The Hall–Kier alpha value is -0.530. The number of nitrogens with two attached hydrogens (primary N) is 1. The summed E-state index contributed by atoms with van der Waals surface area (Å²) in [5, 5.41) is 5.57. The maximum absolute atomic E-state index is 11.0. The minimum atomic E-state index is -0.104. The fraction of sp³-hybridized carbons (Fsp3) is 0.778. The van der Waals surface area contributed by atoms with Gasteiger partial charge in [-0.2, -0.15) is 0 Å². The molecular formula is C9H21IN4O. The fourth-order valence-corrected chi connectivity index (χ4v) is 0.859. The zero-order valence-corrected chi connectivity index (χ0v) is 11.7. The van der Waals surface area contributed by atoms with Gasteiger partial charge in [-0.1, -0.05) is 13.3 Å². The van der Waals surface area contributed by atoms with Gasteiger partial charge in [-0.3, -0.25) is 4.79 Å². The second-order valence-corrected chi connectivity index (χ2v) is 2.94. The van der Waals surface area contributed by atoms with Gasteiger partial charge in [-0.25, -0.2) is 4.99 Å². The van der Waals surface area contributed by atoms with Gasteiger partial charge in [0.15, 0.2) is 5.96 Å². The number of amides is 1. The van der Waals surface area contributed by atoms with Gasteiger partial charge >= 0.3 is 0 Å². The summed E-state index contributed by atoms with van der Waals surface area (Å²) in [7, 11) is 0. The molecule has 0 bridgehead atoms. The van der Waals surface area contributed by atoms with E-state index in [2.05, 4.69) is 22.5 Å². The monoisotopic (exact) mass is 328 g/mol. The zero-order chi connectivity index (χ0) is 10.8. The number of nitrogens with zero attached hydrogens (tertiary/aromatic N) is 1. The predicted octanol–water partition coefficient (Wildman–Crippen LogP) is 0.445. The summed E-state index contributed by atoms with van der Waals surface area (Å²) in [6.07, 6.45) is 2.16. The molecule has 0 aromatic carbocycles. The number of hydrogen-bond donors (Lipinski definition) is 3. The number of halogens is 1. The van der Waals surface area contributed by atoms with Gasteiger partial charge in [0.1, 0.15) is 6.54 Å². The largest absolute Gasteiger partial charge is 0.370 e. The lowest BCUT2D eigenvalue weighted by molar-refractivity contribution is -0.119. The van der Waals surface area contributed by atoms with Crippen molar-refractivity contribution in [2.75, 3.05) is 19.6 Å². The highest BCUT2D eigenvalue weighted by Gasteiger charge is 1.97. The van der Waals surface area contributed by atoms with Crippen LogP contribution in [0.2, 0.25) is 0 Å². The quantitative estimate of drug-likeness (QED) is 0.287. The van der Waals surface area contributed by atoms with Gasteiger partial charge < -0.3 is 16.4 Å². The molecule has 4 N–H and O–H groups in total. The molecule has 0 saturated carbocycles. The van der Waals surface area contributed by atoms with E-state index in [1.54, 1.807) is 0 Å². The van der Waals surface area contributed by atoms with Crippen molar-refractivity contribution >= 4 is 35.8 Å². The van der Waals surface area contributed by atoms with E-state index in [0.717, 1.165) is 19.4 Å². The van der Waals surface area contributed by atoms with E-state index in [-0.39, 0.29) is 36.4 Å². The second-order valence-electron chi connectivity index (χ2n) is 2.94. The SMILES string of the molecule is CCCCNC(N)=NCC(=O)NCC.I. The third kappa shape index (κ3) is 11.4. The van der Waals surface area contributed by atoms with Crippen LogP contribution in [0.4, 0.5) is 0 Å². The van der Waals surface area contributed by atoms with Gasteiger partial charge in [-0.15, -0.1) is 24.0 Å². The predicted molar refractivity (Wildman–Crippen MR) is 73.5 cm³/mol. The summed E-state index contributed by atoms with van der Waals surface area (Å²) in [6, 6.07) is 0. The van der Waals surface area contributed by atoms with E-state index in [9.17, 15) is 4.79 Å². The summed E-state index contributed by atoms with van der Waals surface area (Å²) >= 11 is 0. The van der Waals surface area contributed by atoms with Crippen LogP contribution in [0.15, 0.2) is 4.99 Å². The zero-order valence-electron chi connectivity index (χ0n) is 9.38. The molecule has 0 heterocycles. The molecule has 0 atom stereocenters. The molecule has 0 saturated heterocycles. The number of aliphatic imine (C=N–C) groups is 1. The van der Waals surface area contributed by atoms with Crippen LogP contribution in [0.5, 0.6) is 0 Å². The molecular weight excluding hydrogens is 307 g/mol. The molecule has 90 valence electrons. The van der Waals surface area contributed by atoms with Crippen LogP contribution < -0.4 is 16.4 Å². The minimum absolute atomic E-state index is 0. The molecule has 0 spiro atoms. The molecule has 0 aliphatic heterocycles. The first-order valence-electron chi connectivity index (χ1n) is 5.01. The molecule has 6 heteroatoms. The Bertz CT molecular complexity index is 197. The second kappa shape index (κ2) is 11.5. The number of likely N-dealkylation sites (N-methyl/N-ethyl adjacent to an activating group) is 1. The number of carbonyl (C=O) groups excluding carboxylic acids is 1. The summed E-state index contributed by atoms with van der Waals surface area (Å²) in [5.41, 5.74) is 5.52. The highest BCUT2D eigenvalue weighted by Crippen LogP contribution is 1.81. The smallest absolute Gasteiger partial charge is 0.241 e. The average Bonchev–Trinajstić information content (AvgIpc) is 2.16. The van der Waals surface area contributed by atoms with Crippen molar-refractivity contribution in [3.63, 3.8) is 0 Å². The van der Waals surface area contributed by atoms with Gasteiger partial charge in [0, 0.05) is 13.1 Å². The Labute approximate surface area is 108 Å². The van der Waals surface area contributed by atoms with Crippen molar-refractivity contribution in [1.29, 1.82) is 0 Å². The first-order chi connectivity index (χ1) is 6.70. The van der Waals surface area contributed by atoms with Crippen molar-refractivity contribution in [1.82, 2.24) is 10.6 Å². The lowest BCUT2D eigenvalue weighted by Gasteiger charge is -2.04. The van der Waals surface area contributed by atoms with Crippen LogP contribution >= 0.6 is 24.0 Å². The summed E-state index contributed by atoms with van der Waals surface area (Å²) in [6.45, 7) is 5.49. The Balaban J connectivity index is 0. The van der Waals surface area contributed by atoms with Crippen LogP contribution in [0.25, 0.3) is 0 Å². The number of carbonyl (C=O) groups is 1. The van der Waals surface area contributed by atoms with Gasteiger partial charge in [0.05, 0.1) is 0 Å². The van der Waals surface area contributed by atoms with Crippen LogP contribution in [-0.4, -0.2) is 31.5 Å². The Morgan fingerprint density at radius 2 is 2.00 bits per heavy atom. The number of guanidine groups is 1. The maximum Gasteiger partial charge on any atom is 0.241 e. The van der Waals surface area contributed by atoms with Crippen molar-refractivity contribution in [2.24, 2.45) is 10.7 Å². The molecule has 0 aliphatic rings. The van der Waals surface area contributed by atoms with E-state index >= 15 is 0 Å². The Kier molecular flexibility index (Phi) is 13.0. The third-order valence-electron chi connectivity index (χ3n) is 1.60. The van der Waals surface area contributed by atoms with Crippen LogP contribution in [0.3, 0.4) is 0 Å². The van der Waals surface area contributed by atoms with Gasteiger partial charge in [0.2, 0.25) is 5.91 Å². The fourth-order valence-electron chi connectivity index (χ4n) is 0.859. The van der Waals surface area contributed by atoms with E-state index in [1.807, 2.05) is 6.92 Å². The highest BCUT2D eigenvalue weighted by molar-refractivity contribution is 14.0. The topological polar surface area (TPSA) is 79.5 Å². The molecule has 0 rings (SSSR count). The first kappa shape index (κ1) is 16.9. The van der Waals surface area contributed by atoms with Crippen molar-refractivity contribution in [2.45, 2.75) is 26.7 Å². The van der Waals surface area contributed by atoms with Crippen molar-refractivity contribution in [3.05, 3.63) is 0 Å². The van der Waals surface area contributed by atoms with Gasteiger partial charge in [0.25, 0.3) is 0 Å². The summed E-state index contributed by atoms with van der Waals surface area (Å²) in [5.74, 6) is 0.234. The molecule has 0 radical (unpaired) electrons. The normalized spacial score (nSPS) is 10.4. The molecule has 5 nitrogen and oxygen atoms in total. The number of unbranched alkanes of at least 4 members (excludes halogenated alkanes) is 1. The first-order valence-corrected chi connectivity index (χ1v) is 5.01. The van der Waals surface area contributed by atoms with Crippen LogP contribution in [-0.2, 0) is 4.79 Å². The lowest BCUT2D eigenvalue weighted by Crippen LogP contribution is -2.34. The molecule has 0 aromatic heterocycles. The molecule has 1 amide bonds. The van der Waals surface area contributed by atoms with E-state index in [1.165, 1.54) is 0 Å². The number of hydrogen-bond acceptors (Lipinski definition) is 2. The van der Waals surface area contributed by atoms with Gasteiger partial charge in [-0.05, 0) is 13.3 Å². The molecule has 0 aliphatic carbocycles. The van der Waals surface area contributed by atoms with Crippen LogP contribution in [0.1, 0.15) is 26.7 Å². The number of rotatable bonds is 6. The molecule has 15 heavy (non-hydrogen) atoms. The van der Waals surface area contributed by atoms with E-state index in [4.69, 9.17) is 5.73 Å². The molecule has 0 aromatic rings. The van der Waals surface area contributed by atoms with Crippen molar-refractivity contribution < 1.29 is 4.79 Å². The minimum Gasteiger partial charge on any atom is -0.370 e. The van der Waals surface area contributed by atoms with Crippen molar-refractivity contribution in [3.8, 4) is 0 Å². The third-order valence-corrected chi connectivity index (χ3v) is 1.60. The standard InChI is InChI=1S/C9H20N4O.HI/c1-3-5-6-12-9(10)13-7-8(14)11-4-2;/h3-7H2,1-2H3,(H,11,14)(H3,10,12,13);1H. The summed E-state index contributed by atoms with van der Waals surface area (Å²) < 4.78 is 0. The number of nitrogens with one attached hydrogen (secondary N) is 2. The summed E-state index contributed by atoms with van der Waals surface area (Å²) in [4.78, 5) is 14.9. The maximum atomic E-state index is 11.0. The lowest BCUT2D eigenvalue weighted by atomic mass is 10.3. The van der Waals surface area contributed by atoms with E-state index < -0.39 is 0 Å². The highest BCUT2D eigenvalue weighted by atomic mass is 127. The average molecular weight is 328 g/mol. The Morgan fingerprint density at radius 3 is 2.53 bits per heavy atom. The van der Waals surface area contributed by atoms with E-state index in [0.29, 0.717) is 12.5 Å². The molecule has 0 unspecified atom stereocenters. The Morgan fingerprint density at radius 1 is 1.33 bits per heavy atom. The van der Waals surface area contributed by atoms with Crippen LogP contribution in [0, 0.1) is 0 Å². The molecule has 0 fully saturated rings.